The van der Waals surface area contributed by atoms with E-state index in [1.807, 2.05) is 18.3 Å². The van der Waals surface area contributed by atoms with Crippen molar-refractivity contribution in [2.24, 2.45) is 0 Å². The maximum Gasteiger partial charge on any atom is 0.225 e. The van der Waals surface area contributed by atoms with E-state index >= 15 is 0 Å². The molecule has 7 heteroatoms. The first-order valence-corrected chi connectivity index (χ1v) is 6.62. The SMILES string of the molecule is C=CCCC(=O)Nc1ccc(N2CCNCC2)cn1.Cl.Cl. The number of nitrogens with one attached hydrogen (secondary N) is 2. The Hall–Kier alpha value is -1.30. The summed E-state index contributed by atoms with van der Waals surface area (Å²) in [5, 5.41) is 6.09. The molecule has 1 aromatic heterocycles. The predicted octanol–water partition coefficient (Wildman–Crippen LogP) is 2.24. The Labute approximate surface area is 138 Å². The van der Waals surface area contributed by atoms with Crippen LogP contribution in [0.2, 0.25) is 0 Å². The summed E-state index contributed by atoms with van der Waals surface area (Å²) in [5.41, 5.74) is 1.10. The molecule has 1 fully saturated rings. The van der Waals surface area contributed by atoms with Crippen molar-refractivity contribution in [1.29, 1.82) is 0 Å². The molecule has 0 aromatic carbocycles. The Morgan fingerprint density at radius 3 is 2.67 bits per heavy atom. The van der Waals surface area contributed by atoms with E-state index in [9.17, 15) is 4.79 Å². The Kier molecular flexibility index (Phi) is 9.78. The highest BCUT2D eigenvalue weighted by Gasteiger charge is 2.10. The van der Waals surface area contributed by atoms with E-state index < -0.39 is 0 Å². The molecule has 0 spiro atoms. The minimum Gasteiger partial charge on any atom is -0.368 e. The van der Waals surface area contributed by atoms with E-state index in [4.69, 9.17) is 0 Å². The predicted molar refractivity (Wildman–Crippen MR) is 91.9 cm³/mol. The molecule has 0 aliphatic carbocycles. The van der Waals surface area contributed by atoms with Gasteiger partial charge in [0.1, 0.15) is 5.82 Å². The van der Waals surface area contributed by atoms with Gasteiger partial charge in [-0.3, -0.25) is 4.79 Å². The lowest BCUT2D eigenvalue weighted by molar-refractivity contribution is -0.116. The van der Waals surface area contributed by atoms with Gasteiger partial charge in [0.05, 0.1) is 11.9 Å². The zero-order chi connectivity index (χ0) is 13.5. The summed E-state index contributed by atoms with van der Waals surface area (Å²) in [6.45, 7) is 7.58. The van der Waals surface area contributed by atoms with Crippen molar-refractivity contribution in [3.63, 3.8) is 0 Å². The lowest BCUT2D eigenvalue weighted by Crippen LogP contribution is -2.43. The Morgan fingerprint density at radius 2 is 2.10 bits per heavy atom. The summed E-state index contributed by atoms with van der Waals surface area (Å²) in [7, 11) is 0. The van der Waals surface area contributed by atoms with E-state index in [-0.39, 0.29) is 30.7 Å². The standard InChI is InChI=1S/C14H20N4O.2ClH/c1-2-3-4-14(19)17-13-6-5-12(11-16-13)18-9-7-15-8-10-18;;/h2,5-6,11,15H,1,3-4,7-10H2,(H,16,17,19);2*1H. The number of amides is 1. The highest BCUT2D eigenvalue weighted by atomic mass is 35.5. The third-order valence-electron chi connectivity index (χ3n) is 3.07. The minimum atomic E-state index is -0.0256. The van der Waals surface area contributed by atoms with Gasteiger partial charge >= 0.3 is 0 Å². The number of anilines is 2. The average Bonchev–Trinajstić information content (AvgIpc) is 2.47. The largest absolute Gasteiger partial charge is 0.368 e. The van der Waals surface area contributed by atoms with Crippen LogP contribution in [0.5, 0.6) is 0 Å². The van der Waals surface area contributed by atoms with Gasteiger partial charge in [-0.05, 0) is 18.6 Å². The zero-order valence-electron chi connectivity index (χ0n) is 11.9. The molecule has 21 heavy (non-hydrogen) atoms. The van der Waals surface area contributed by atoms with Crippen molar-refractivity contribution < 1.29 is 4.79 Å². The number of allylic oxidation sites excluding steroid dienone is 1. The molecule has 1 saturated heterocycles. The van der Waals surface area contributed by atoms with Crippen LogP contribution in [0, 0.1) is 0 Å². The zero-order valence-corrected chi connectivity index (χ0v) is 13.5. The number of rotatable bonds is 5. The Bertz CT molecular complexity index is 433. The van der Waals surface area contributed by atoms with E-state index in [0.717, 1.165) is 31.9 Å². The van der Waals surface area contributed by atoms with Crippen LogP contribution in [0.15, 0.2) is 31.0 Å². The van der Waals surface area contributed by atoms with Crippen molar-refractivity contribution >= 4 is 42.2 Å². The molecule has 0 atom stereocenters. The van der Waals surface area contributed by atoms with Gasteiger partial charge in [0.15, 0.2) is 0 Å². The minimum absolute atomic E-state index is 0. The first-order valence-electron chi connectivity index (χ1n) is 6.62. The second-order valence-electron chi connectivity index (χ2n) is 4.51. The van der Waals surface area contributed by atoms with Gasteiger partial charge in [0.25, 0.3) is 0 Å². The summed E-state index contributed by atoms with van der Waals surface area (Å²) < 4.78 is 0. The van der Waals surface area contributed by atoms with Crippen LogP contribution in [-0.4, -0.2) is 37.1 Å². The van der Waals surface area contributed by atoms with Crippen molar-refractivity contribution in [2.75, 3.05) is 36.4 Å². The second-order valence-corrected chi connectivity index (χ2v) is 4.51. The van der Waals surface area contributed by atoms with Crippen LogP contribution < -0.4 is 15.5 Å². The Balaban J connectivity index is 0.00000200. The number of piperazine rings is 1. The molecule has 0 radical (unpaired) electrons. The van der Waals surface area contributed by atoms with Gasteiger partial charge in [0.2, 0.25) is 5.91 Å². The fraction of sp³-hybridized carbons (Fsp3) is 0.429. The molecular weight excluding hydrogens is 311 g/mol. The number of carbonyl (C=O) groups excluding carboxylic acids is 1. The fourth-order valence-corrected chi connectivity index (χ4v) is 2.01. The molecule has 2 N–H and O–H groups in total. The topological polar surface area (TPSA) is 57.3 Å². The Morgan fingerprint density at radius 1 is 1.38 bits per heavy atom. The van der Waals surface area contributed by atoms with E-state index in [0.29, 0.717) is 18.7 Å². The maximum atomic E-state index is 11.5. The average molecular weight is 333 g/mol. The van der Waals surface area contributed by atoms with E-state index in [1.165, 1.54) is 0 Å². The molecule has 0 unspecified atom stereocenters. The molecule has 0 saturated carbocycles. The van der Waals surface area contributed by atoms with Gasteiger partial charge in [-0.25, -0.2) is 4.98 Å². The van der Waals surface area contributed by atoms with Crippen LogP contribution in [0.3, 0.4) is 0 Å². The first kappa shape index (κ1) is 19.7. The molecule has 2 rings (SSSR count). The number of carbonyl (C=O) groups is 1. The summed E-state index contributed by atoms with van der Waals surface area (Å²) in [5.74, 6) is 0.579. The van der Waals surface area contributed by atoms with Crippen LogP contribution in [0.25, 0.3) is 0 Å². The number of hydrogen-bond donors (Lipinski definition) is 2. The molecule has 5 nitrogen and oxygen atoms in total. The van der Waals surface area contributed by atoms with Gasteiger partial charge < -0.3 is 15.5 Å². The molecule has 1 aromatic rings. The van der Waals surface area contributed by atoms with E-state index in [2.05, 4.69) is 27.1 Å². The summed E-state index contributed by atoms with van der Waals surface area (Å²) in [6, 6.07) is 3.85. The lowest BCUT2D eigenvalue weighted by Gasteiger charge is -2.29. The summed E-state index contributed by atoms with van der Waals surface area (Å²) >= 11 is 0. The second kappa shape index (κ2) is 10.4. The van der Waals surface area contributed by atoms with Gasteiger partial charge in [-0.1, -0.05) is 6.08 Å². The maximum absolute atomic E-state index is 11.5. The molecule has 1 aliphatic rings. The fourth-order valence-electron chi connectivity index (χ4n) is 2.01. The number of halogens is 2. The van der Waals surface area contributed by atoms with Crippen LogP contribution in [0.4, 0.5) is 11.5 Å². The lowest BCUT2D eigenvalue weighted by atomic mass is 10.3. The summed E-state index contributed by atoms with van der Waals surface area (Å²) in [6.07, 6.45) is 4.68. The number of aromatic nitrogens is 1. The van der Waals surface area contributed by atoms with Gasteiger partial charge in [-0.2, -0.15) is 0 Å². The number of nitrogens with zero attached hydrogens (tertiary/aromatic N) is 2. The van der Waals surface area contributed by atoms with Gasteiger partial charge in [0, 0.05) is 32.6 Å². The normalized spacial score (nSPS) is 13.6. The smallest absolute Gasteiger partial charge is 0.225 e. The molecule has 1 aliphatic heterocycles. The third-order valence-corrected chi connectivity index (χ3v) is 3.07. The van der Waals surface area contributed by atoms with Crippen molar-refractivity contribution in [3.8, 4) is 0 Å². The van der Waals surface area contributed by atoms with Crippen molar-refractivity contribution in [3.05, 3.63) is 31.0 Å². The molecule has 0 bridgehead atoms. The van der Waals surface area contributed by atoms with E-state index in [1.54, 1.807) is 6.08 Å². The molecule has 118 valence electrons. The third kappa shape index (κ3) is 6.33. The van der Waals surface area contributed by atoms with Crippen LogP contribution in [0.1, 0.15) is 12.8 Å². The molecule has 2 heterocycles. The van der Waals surface area contributed by atoms with Crippen molar-refractivity contribution in [1.82, 2.24) is 10.3 Å². The quantitative estimate of drug-likeness (QED) is 0.812. The van der Waals surface area contributed by atoms with Crippen molar-refractivity contribution in [2.45, 2.75) is 12.8 Å². The van der Waals surface area contributed by atoms with Crippen LogP contribution in [-0.2, 0) is 4.79 Å². The highest BCUT2D eigenvalue weighted by Crippen LogP contribution is 2.15. The monoisotopic (exact) mass is 332 g/mol. The molecule has 1 amide bonds. The molecular formula is C14H22Cl2N4O. The number of pyridine rings is 1. The summed E-state index contributed by atoms with van der Waals surface area (Å²) in [4.78, 5) is 18.1. The highest BCUT2D eigenvalue weighted by molar-refractivity contribution is 5.89. The number of hydrogen-bond acceptors (Lipinski definition) is 4. The van der Waals surface area contributed by atoms with Crippen LogP contribution >= 0.6 is 24.8 Å². The first-order chi connectivity index (χ1) is 9.29. The van der Waals surface area contributed by atoms with Gasteiger partial charge in [-0.15, -0.1) is 31.4 Å².